The molecule has 0 bridgehead atoms. The maximum Gasteiger partial charge on any atom is 0.0230 e. The molecule has 0 spiro atoms. The Kier molecular flexibility index (Phi) is 3.70. The molecule has 0 aliphatic heterocycles. The third-order valence-corrected chi connectivity index (χ3v) is 2.98. The van der Waals surface area contributed by atoms with E-state index in [0.717, 1.165) is 13.1 Å². The highest BCUT2D eigenvalue weighted by Gasteiger charge is 2.02. The van der Waals surface area contributed by atoms with Gasteiger partial charge < -0.3 is 4.90 Å². The zero-order valence-corrected chi connectivity index (χ0v) is 10.0. The maximum atomic E-state index is 2.32. The zero-order chi connectivity index (χ0) is 10.7. The van der Waals surface area contributed by atoms with E-state index in [0.29, 0.717) is 0 Å². The quantitative estimate of drug-likeness (QED) is 0.709. The standard InChI is InChI=1S/C13H21N/c1-6-14(5)9-13-7-10(2)12(4)11(3)8-13/h7-8H,6,9H2,1-5H3. The fraction of sp³-hybridized carbons (Fsp3) is 0.538. The minimum atomic E-state index is 1.05. The van der Waals surface area contributed by atoms with Gasteiger partial charge in [-0.2, -0.15) is 0 Å². The first-order chi connectivity index (χ1) is 6.54. The van der Waals surface area contributed by atoms with Crippen LogP contribution in [-0.2, 0) is 6.54 Å². The lowest BCUT2D eigenvalue weighted by molar-refractivity contribution is 0.345. The molecule has 0 atom stereocenters. The third-order valence-electron chi connectivity index (χ3n) is 2.98. The smallest absolute Gasteiger partial charge is 0.0230 e. The van der Waals surface area contributed by atoms with Gasteiger partial charge >= 0.3 is 0 Å². The lowest BCUT2D eigenvalue weighted by Crippen LogP contribution is -2.16. The van der Waals surface area contributed by atoms with E-state index in [-0.39, 0.29) is 0 Å². The van der Waals surface area contributed by atoms with Gasteiger partial charge in [0.2, 0.25) is 0 Å². The van der Waals surface area contributed by atoms with Gasteiger partial charge in [0.25, 0.3) is 0 Å². The van der Waals surface area contributed by atoms with Gasteiger partial charge in [0.15, 0.2) is 0 Å². The van der Waals surface area contributed by atoms with Crippen LogP contribution in [0.4, 0.5) is 0 Å². The Hall–Kier alpha value is -0.820. The lowest BCUT2D eigenvalue weighted by Gasteiger charge is -2.16. The first kappa shape index (κ1) is 11.3. The summed E-state index contributed by atoms with van der Waals surface area (Å²) in [7, 11) is 2.16. The van der Waals surface area contributed by atoms with Gasteiger partial charge in [-0.1, -0.05) is 19.1 Å². The van der Waals surface area contributed by atoms with Crippen LogP contribution in [0.1, 0.15) is 29.2 Å². The second-order valence-corrected chi connectivity index (χ2v) is 4.19. The Labute approximate surface area is 87.7 Å². The summed E-state index contributed by atoms with van der Waals surface area (Å²) in [6, 6.07) is 4.60. The second kappa shape index (κ2) is 4.61. The monoisotopic (exact) mass is 191 g/mol. The summed E-state index contributed by atoms with van der Waals surface area (Å²) in [6.07, 6.45) is 0. The van der Waals surface area contributed by atoms with E-state index in [4.69, 9.17) is 0 Å². The van der Waals surface area contributed by atoms with Crippen LogP contribution < -0.4 is 0 Å². The van der Waals surface area contributed by atoms with Gasteiger partial charge in [0.1, 0.15) is 0 Å². The summed E-state index contributed by atoms with van der Waals surface area (Å²) < 4.78 is 0. The van der Waals surface area contributed by atoms with Crippen molar-refractivity contribution >= 4 is 0 Å². The Balaban J connectivity index is 2.89. The highest BCUT2D eigenvalue weighted by Crippen LogP contribution is 2.16. The number of hydrogen-bond donors (Lipinski definition) is 0. The summed E-state index contributed by atoms with van der Waals surface area (Å²) in [6.45, 7) is 10.9. The van der Waals surface area contributed by atoms with Crippen molar-refractivity contribution in [2.45, 2.75) is 34.2 Å². The van der Waals surface area contributed by atoms with Gasteiger partial charge in [0.05, 0.1) is 0 Å². The fourth-order valence-corrected chi connectivity index (χ4v) is 1.64. The highest BCUT2D eigenvalue weighted by atomic mass is 15.1. The number of hydrogen-bond acceptors (Lipinski definition) is 1. The first-order valence-corrected chi connectivity index (χ1v) is 5.30. The second-order valence-electron chi connectivity index (χ2n) is 4.19. The first-order valence-electron chi connectivity index (χ1n) is 5.30. The normalized spacial score (nSPS) is 11.0. The Morgan fingerprint density at radius 2 is 1.57 bits per heavy atom. The molecular weight excluding hydrogens is 170 g/mol. The SMILES string of the molecule is CCN(C)Cc1cc(C)c(C)c(C)c1. The average Bonchev–Trinajstić information content (AvgIpc) is 2.14. The minimum absolute atomic E-state index is 1.05. The largest absolute Gasteiger partial charge is 0.302 e. The van der Waals surface area contributed by atoms with Crippen LogP contribution in [0.3, 0.4) is 0 Å². The van der Waals surface area contributed by atoms with Crippen LogP contribution in [0.25, 0.3) is 0 Å². The van der Waals surface area contributed by atoms with Gasteiger partial charge in [-0.3, -0.25) is 0 Å². The van der Waals surface area contributed by atoms with E-state index >= 15 is 0 Å². The molecule has 78 valence electrons. The maximum absolute atomic E-state index is 2.32. The molecule has 0 saturated carbocycles. The van der Waals surface area contributed by atoms with Crippen molar-refractivity contribution in [3.8, 4) is 0 Å². The van der Waals surface area contributed by atoms with E-state index in [9.17, 15) is 0 Å². The van der Waals surface area contributed by atoms with Crippen LogP contribution in [0.5, 0.6) is 0 Å². The molecule has 1 aromatic rings. The van der Waals surface area contributed by atoms with Crippen molar-refractivity contribution < 1.29 is 0 Å². The van der Waals surface area contributed by atoms with Crippen LogP contribution in [0, 0.1) is 20.8 Å². The number of nitrogens with zero attached hydrogens (tertiary/aromatic N) is 1. The van der Waals surface area contributed by atoms with Gasteiger partial charge in [-0.15, -0.1) is 0 Å². The van der Waals surface area contributed by atoms with Gasteiger partial charge in [-0.25, -0.2) is 0 Å². The molecule has 0 aliphatic rings. The van der Waals surface area contributed by atoms with Crippen LogP contribution in [-0.4, -0.2) is 18.5 Å². The molecule has 0 N–H and O–H groups in total. The summed E-state index contributed by atoms with van der Waals surface area (Å²) in [5.41, 5.74) is 5.66. The minimum Gasteiger partial charge on any atom is -0.302 e. The summed E-state index contributed by atoms with van der Waals surface area (Å²) in [5.74, 6) is 0. The summed E-state index contributed by atoms with van der Waals surface area (Å²) in [4.78, 5) is 2.32. The molecule has 0 radical (unpaired) electrons. The molecule has 0 aromatic heterocycles. The van der Waals surface area contributed by atoms with E-state index in [1.54, 1.807) is 0 Å². The topological polar surface area (TPSA) is 3.24 Å². The molecule has 0 fully saturated rings. The summed E-state index contributed by atoms with van der Waals surface area (Å²) in [5, 5.41) is 0. The fourth-order valence-electron chi connectivity index (χ4n) is 1.64. The van der Waals surface area contributed by atoms with E-state index < -0.39 is 0 Å². The highest BCUT2D eigenvalue weighted by molar-refractivity contribution is 5.36. The molecule has 1 aromatic carbocycles. The van der Waals surface area contributed by atoms with E-state index in [1.165, 1.54) is 22.3 Å². The van der Waals surface area contributed by atoms with Crippen molar-refractivity contribution in [3.05, 3.63) is 34.4 Å². The molecule has 0 unspecified atom stereocenters. The molecule has 0 amide bonds. The van der Waals surface area contributed by atoms with Crippen molar-refractivity contribution in [3.63, 3.8) is 0 Å². The van der Waals surface area contributed by atoms with Crippen LogP contribution >= 0.6 is 0 Å². The summed E-state index contributed by atoms with van der Waals surface area (Å²) >= 11 is 0. The average molecular weight is 191 g/mol. The van der Waals surface area contributed by atoms with Crippen molar-refractivity contribution in [2.75, 3.05) is 13.6 Å². The molecule has 0 heterocycles. The zero-order valence-electron chi connectivity index (χ0n) is 10.0. The lowest BCUT2D eigenvalue weighted by atomic mass is 10.0. The molecular formula is C13H21N. The predicted molar refractivity (Wildman–Crippen MR) is 62.7 cm³/mol. The molecule has 0 aliphatic carbocycles. The van der Waals surface area contributed by atoms with Crippen molar-refractivity contribution in [1.29, 1.82) is 0 Å². The van der Waals surface area contributed by atoms with Crippen LogP contribution in [0.2, 0.25) is 0 Å². The van der Waals surface area contributed by atoms with Gasteiger partial charge in [0, 0.05) is 6.54 Å². The Morgan fingerprint density at radius 1 is 1.07 bits per heavy atom. The molecule has 1 rings (SSSR count). The van der Waals surface area contributed by atoms with E-state index in [2.05, 4.69) is 51.8 Å². The number of rotatable bonds is 3. The molecule has 14 heavy (non-hydrogen) atoms. The predicted octanol–water partition coefficient (Wildman–Crippen LogP) is 3.06. The Bertz CT molecular complexity index is 292. The molecule has 1 heteroatoms. The van der Waals surface area contributed by atoms with E-state index in [1.807, 2.05) is 0 Å². The third kappa shape index (κ3) is 2.58. The van der Waals surface area contributed by atoms with Gasteiger partial charge in [-0.05, 0) is 56.6 Å². The number of benzene rings is 1. The number of aryl methyl sites for hydroxylation is 2. The van der Waals surface area contributed by atoms with Crippen LogP contribution in [0.15, 0.2) is 12.1 Å². The van der Waals surface area contributed by atoms with Crippen molar-refractivity contribution in [1.82, 2.24) is 4.90 Å². The van der Waals surface area contributed by atoms with Crippen molar-refractivity contribution in [2.24, 2.45) is 0 Å². The molecule has 1 nitrogen and oxygen atoms in total. The molecule has 0 saturated heterocycles. The Morgan fingerprint density at radius 3 is 2.00 bits per heavy atom.